The molecule has 1 aliphatic heterocycles. The number of esters is 1. The van der Waals surface area contributed by atoms with E-state index < -0.39 is 5.60 Å². The van der Waals surface area contributed by atoms with Crippen LogP contribution in [0.3, 0.4) is 0 Å². The molecule has 6 nitrogen and oxygen atoms in total. The number of amides is 1. The van der Waals surface area contributed by atoms with Gasteiger partial charge in [-0.3, -0.25) is 14.5 Å². The van der Waals surface area contributed by atoms with E-state index in [9.17, 15) is 9.59 Å². The van der Waals surface area contributed by atoms with Gasteiger partial charge >= 0.3 is 5.97 Å². The van der Waals surface area contributed by atoms with Crippen LogP contribution in [0.15, 0.2) is 67.3 Å². The van der Waals surface area contributed by atoms with Gasteiger partial charge in [-0.05, 0) is 62.1 Å². The number of hydrogen-bond acceptors (Lipinski definition) is 5. The first-order chi connectivity index (χ1) is 16.4. The highest BCUT2D eigenvalue weighted by atomic mass is 16.5. The maximum Gasteiger partial charge on any atom is 0.308 e. The van der Waals surface area contributed by atoms with E-state index in [1.807, 2.05) is 48.5 Å². The molecule has 2 aromatic carbocycles. The first-order valence-corrected chi connectivity index (χ1v) is 11.9. The highest BCUT2D eigenvalue weighted by Gasteiger charge is 2.58. The topological polar surface area (TPSA) is 67.9 Å². The van der Waals surface area contributed by atoms with Crippen LogP contribution in [0.2, 0.25) is 0 Å². The van der Waals surface area contributed by atoms with Crippen molar-refractivity contribution in [3.8, 4) is 5.75 Å². The van der Waals surface area contributed by atoms with Crippen LogP contribution in [-0.4, -0.2) is 55.2 Å². The largest absolute Gasteiger partial charge is 0.427 e. The van der Waals surface area contributed by atoms with Crippen molar-refractivity contribution < 1.29 is 19.1 Å². The summed E-state index contributed by atoms with van der Waals surface area (Å²) in [5.41, 5.74) is 1.00. The van der Waals surface area contributed by atoms with E-state index in [-0.39, 0.29) is 23.3 Å². The number of carbonyl (C=O) groups is 2. The maximum atomic E-state index is 13.0. The van der Waals surface area contributed by atoms with Gasteiger partial charge < -0.3 is 14.8 Å². The van der Waals surface area contributed by atoms with Crippen molar-refractivity contribution in [1.29, 1.82) is 0 Å². The zero-order valence-corrected chi connectivity index (χ0v) is 20.1. The minimum absolute atomic E-state index is 0.0133. The smallest absolute Gasteiger partial charge is 0.308 e. The van der Waals surface area contributed by atoms with Crippen molar-refractivity contribution in [3.05, 3.63) is 78.4 Å². The predicted octanol–water partition coefficient (Wildman–Crippen LogP) is 4.11. The van der Waals surface area contributed by atoms with Crippen molar-refractivity contribution in [3.63, 3.8) is 0 Å². The van der Waals surface area contributed by atoms with E-state index in [1.54, 1.807) is 13.2 Å². The monoisotopic (exact) mass is 462 g/mol. The molecule has 4 rings (SSSR count). The molecule has 34 heavy (non-hydrogen) atoms. The zero-order valence-electron chi connectivity index (χ0n) is 20.1. The Labute approximate surface area is 201 Å². The van der Waals surface area contributed by atoms with E-state index in [0.29, 0.717) is 11.3 Å². The van der Waals surface area contributed by atoms with Crippen molar-refractivity contribution in [2.45, 2.75) is 49.7 Å². The van der Waals surface area contributed by atoms with E-state index in [1.165, 1.54) is 6.92 Å². The Morgan fingerprint density at radius 3 is 2.68 bits per heavy atom. The van der Waals surface area contributed by atoms with Crippen LogP contribution in [0.5, 0.6) is 5.75 Å². The summed E-state index contributed by atoms with van der Waals surface area (Å²) < 4.78 is 11.8. The molecule has 6 heteroatoms. The molecule has 0 aromatic heterocycles. The number of piperidine rings is 1. The standard InChI is InChI=1S/C28H34N2O4/c1-4-16-30-17-15-27(23-11-8-12-25(18-23)34-21(2)31)19-24(13-14-28(27,20-30)33-3)29-26(32)22-9-6-5-7-10-22/h4-12,18,24H,1,13-17,19-20H2,2-3H3,(H,29,32). The second-order valence-corrected chi connectivity index (χ2v) is 9.45. The van der Waals surface area contributed by atoms with Gasteiger partial charge in [0.2, 0.25) is 0 Å². The highest BCUT2D eigenvalue weighted by Crippen LogP contribution is 2.53. The Bertz CT molecular complexity index is 1040. The highest BCUT2D eigenvalue weighted by molar-refractivity contribution is 5.94. The summed E-state index contributed by atoms with van der Waals surface area (Å²) in [6, 6.07) is 17.2. The van der Waals surface area contributed by atoms with Gasteiger partial charge in [0, 0.05) is 44.1 Å². The van der Waals surface area contributed by atoms with Crippen molar-refractivity contribution in [1.82, 2.24) is 10.2 Å². The lowest BCUT2D eigenvalue weighted by Gasteiger charge is -2.59. The molecule has 3 atom stereocenters. The van der Waals surface area contributed by atoms with Crippen molar-refractivity contribution in [2.75, 3.05) is 26.7 Å². The average Bonchev–Trinajstić information content (AvgIpc) is 2.84. The van der Waals surface area contributed by atoms with Gasteiger partial charge in [0.1, 0.15) is 5.75 Å². The predicted molar refractivity (Wildman–Crippen MR) is 132 cm³/mol. The number of ether oxygens (including phenoxy) is 2. The summed E-state index contributed by atoms with van der Waals surface area (Å²) >= 11 is 0. The minimum atomic E-state index is -0.420. The number of carbonyl (C=O) groups excluding carboxylic acids is 2. The molecule has 180 valence electrons. The Balaban J connectivity index is 1.69. The zero-order chi connectivity index (χ0) is 24.2. The molecule has 1 N–H and O–H groups in total. The van der Waals surface area contributed by atoms with Crippen LogP contribution < -0.4 is 10.1 Å². The number of rotatable bonds is 7. The Morgan fingerprint density at radius 1 is 1.18 bits per heavy atom. The third-order valence-electron chi connectivity index (χ3n) is 7.49. The van der Waals surface area contributed by atoms with Crippen LogP contribution >= 0.6 is 0 Å². The third-order valence-corrected chi connectivity index (χ3v) is 7.49. The molecule has 1 heterocycles. The van der Waals surface area contributed by atoms with Crippen molar-refractivity contribution in [2.24, 2.45) is 0 Å². The van der Waals surface area contributed by atoms with Crippen LogP contribution in [0, 0.1) is 0 Å². The molecule has 1 saturated heterocycles. The second kappa shape index (κ2) is 10.1. The molecule has 2 fully saturated rings. The number of nitrogens with one attached hydrogen (secondary N) is 1. The van der Waals surface area contributed by atoms with Gasteiger partial charge in [-0.1, -0.05) is 36.4 Å². The fourth-order valence-electron chi connectivity index (χ4n) is 5.94. The molecule has 3 unspecified atom stereocenters. The summed E-state index contributed by atoms with van der Waals surface area (Å²) in [5.74, 6) is 0.141. The molecule has 0 bridgehead atoms. The Kier molecular flexibility index (Phi) is 7.19. The fourth-order valence-corrected chi connectivity index (χ4v) is 5.94. The number of nitrogens with zero attached hydrogens (tertiary/aromatic N) is 1. The van der Waals surface area contributed by atoms with Gasteiger partial charge in [-0.25, -0.2) is 0 Å². The van der Waals surface area contributed by atoms with E-state index in [0.717, 1.165) is 50.9 Å². The molecular formula is C28H34N2O4. The first-order valence-electron chi connectivity index (χ1n) is 11.9. The van der Waals surface area contributed by atoms with Crippen LogP contribution in [-0.2, 0) is 14.9 Å². The number of methoxy groups -OCH3 is 1. The molecule has 1 aliphatic carbocycles. The molecular weight excluding hydrogens is 428 g/mol. The summed E-state index contributed by atoms with van der Waals surface area (Å²) in [6.45, 7) is 7.82. The number of likely N-dealkylation sites (tertiary alicyclic amines) is 1. The quantitative estimate of drug-likeness (QED) is 0.381. The minimum Gasteiger partial charge on any atom is -0.427 e. The van der Waals surface area contributed by atoms with Gasteiger partial charge in [0.05, 0.1) is 5.60 Å². The lowest BCUT2D eigenvalue weighted by atomic mass is 9.55. The van der Waals surface area contributed by atoms with Crippen LogP contribution in [0.4, 0.5) is 0 Å². The molecule has 1 amide bonds. The summed E-state index contributed by atoms with van der Waals surface area (Å²) in [5, 5.41) is 3.28. The maximum absolute atomic E-state index is 13.0. The Hall–Kier alpha value is -2.96. The average molecular weight is 463 g/mol. The molecule has 0 radical (unpaired) electrons. The lowest BCUT2D eigenvalue weighted by Crippen LogP contribution is -2.67. The molecule has 1 saturated carbocycles. The summed E-state index contributed by atoms with van der Waals surface area (Å²) in [4.78, 5) is 27.0. The van der Waals surface area contributed by atoms with E-state index in [4.69, 9.17) is 9.47 Å². The normalized spacial score (nSPS) is 26.8. The van der Waals surface area contributed by atoms with Crippen molar-refractivity contribution >= 4 is 11.9 Å². The number of benzene rings is 2. The Morgan fingerprint density at radius 2 is 1.97 bits per heavy atom. The van der Waals surface area contributed by atoms with Gasteiger partial charge in [-0.15, -0.1) is 6.58 Å². The summed E-state index contributed by atoms with van der Waals surface area (Å²) in [6.07, 6.45) is 5.21. The van der Waals surface area contributed by atoms with Crippen LogP contribution in [0.1, 0.15) is 48.5 Å². The molecule has 2 aliphatic rings. The van der Waals surface area contributed by atoms with E-state index in [2.05, 4.69) is 22.9 Å². The van der Waals surface area contributed by atoms with Gasteiger partial charge in [0.15, 0.2) is 0 Å². The number of fused-ring (bicyclic) bond motifs is 1. The van der Waals surface area contributed by atoms with Gasteiger partial charge in [0.25, 0.3) is 5.91 Å². The lowest BCUT2D eigenvalue weighted by molar-refractivity contribution is -0.146. The SMILES string of the molecule is C=CCN1CCC2(c3cccc(OC(C)=O)c3)CC(NC(=O)c3ccccc3)CCC2(OC)C1. The van der Waals surface area contributed by atoms with Gasteiger partial charge in [-0.2, -0.15) is 0 Å². The fraction of sp³-hybridized carbons (Fsp3) is 0.429. The van der Waals surface area contributed by atoms with E-state index >= 15 is 0 Å². The summed E-state index contributed by atoms with van der Waals surface area (Å²) in [7, 11) is 1.80. The molecule has 0 spiro atoms. The first kappa shape index (κ1) is 24.2. The number of hydrogen-bond donors (Lipinski definition) is 1. The van der Waals surface area contributed by atoms with Crippen LogP contribution in [0.25, 0.3) is 0 Å². The second-order valence-electron chi connectivity index (χ2n) is 9.45. The third kappa shape index (κ3) is 4.65. The molecule has 2 aromatic rings.